The Kier molecular flexibility index (Phi) is 5.75. The number of esters is 1. The van der Waals surface area contributed by atoms with Crippen molar-refractivity contribution in [3.8, 4) is 11.3 Å². The fourth-order valence-electron chi connectivity index (χ4n) is 3.29. The zero-order valence-electron chi connectivity index (χ0n) is 17.2. The van der Waals surface area contributed by atoms with Gasteiger partial charge < -0.3 is 14.6 Å². The number of hydrogen-bond acceptors (Lipinski definition) is 6. The van der Waals surface area contributed by atoms with Crippen molar-refractivity contribution in [2.24, 2.45) is 0 Å². The van der Waals surface area contributed by atoms with Gasteiger partial charge in [0.25, 0.3) is 11.6 Å². The van der Waals surface area contributed by atoms with E-state index in [0.717, 1.165) is 17.5 Å². The molecule has 1 amide bonds. The Labute approximate surface area is 179 Å². The van der Waals surface area contributed by atoms with Gasteiger partial charge in [-0.25, -0.2) is 9.78 Å². The first-order valence-corrected chi connectivity index (χ1v) is 9.93. The van der Waals surface area contributed by atoms with Crippen LogP contribution >= 0.6 is 0 Å². The smallest absolute Gasteiger partial charge is 0.339 e. The van der Waals surface area contributed by atoms with Crippen molar-refractivity contribution >= 4 is 28.7 Å². The van der Waals surface area contributed by atoms with Crippen LogP contribution in [0.4, 0.5) is 5.69 Å². The third-order valence-electron chi connectivity index (χ3n) is 4.86. The molecule has 156 valence electrons. The summed E-state index contributed by atoms with van der Waals surface area (Å²) in [7, 11) is 0. The predicted octanol–water partition coefficient (Wildman–Crippen LogP) is 4.56. The third kappa shape index (κ3) is 4.45. The van der Waals surface area contributed by atoms with Gasteiger partial charge in [-0.1, -0.05) is 54.5 Å². The van der Waals surface area contributed by atoms with Crippen LogP contribution in [0.25, 0.3) is 22.4 Å². The van der Waals surface area contributed by atoms with Gasteiger partial charge in [-0.2, -0.15) is 0 Å². The molecule has 0 radical (unpaired) electrons. The van der Waals surface area contributed by atoms with Crippen LogP contribution in [0.15, 0.2) is 65.2 Å². The quantitative estimate of drug-likeness (QED) is 0.464. The first-order chi connectivity index (χ1) is 15.0. The number of aromatic nitrogens is 2. The minimum atomic E-state index is -0.645. The Bertz CT molecular complexity index is 1250. The Hall–Kier alpha value is -4.00. The van der Waals surface area contributed by atoms with Crippen LogP contribution in [-0.4, -0.2) is 28.6 Å². The van der Waals surface area contributed by atoms with Crippen LogP contribution < -0.4 is 5.32 Å². The fraction of sp³-hybridized carbons (Fsp3) is 0.167. The monoisotopic (exact) mass is 415 g/mol. The van der Waals surface area contributed by atoms with Crippen molar-refractivity contribution in [3.05, 3.63) is 77.5 Å². The van der Waals surface area contributed by atoms with E-state index in [2.05, 4.69) is 15.5 Å². The second-order valence-corrected chi connectivity index (χ2v) is 7.05. The number of hydrogen-bond donors (Lipinski definition) is 1. The van der Waals surface area contributed by atoms with Crippen LogP contribution in [0.3, 0.4) is 0 Å². The number of nitrogens with one attached hydrogen (secondary N) is 1. The number of amides is 1. The molecule has 7 heteroatoms. The van der Waals surface area contributed by atoms with Gasteiger partial charge in [0.1, 0.15) is 0 Å². The molecule has 0 aliphatic carbocycles. The molecule has 31 heavy (non-hydrogen) atoms. The van der Waals surface area contributed by atoms with E-state index in [1.54, 1.807) is 19.1 Å². The average molecular weight is 415 g/mol. The summed E-state index contributed by atoms with van der Waals surface area (Å²) in [5, 5.41) is 7.13. The van der Waals surface area contributed by atoms with E-state index < -0.39 is 18.5 Å². The van der Waals surface area contributed by atoms with E-state index >= 15 is 0 Å². The molecule has 0 bridgehead atoms. The van der Waals surface area contributed by atoms with Crippen LogP contribution in [0.2, 0.25) is 0 Å². The van der Waals surface area contributed by atoms with E-state index in [9.17, 15) is 9.59 Å². The highest BCUT2D eigenvalue weighted by Crippen LogP contribution is 2.27. The lowest BCUT2D eigenvalue weighted by Gasteiger charge is -2.09. The highest BCUT2D eigenvalue weighted by Gasteiger charge is 2.21. The maximum absolute atomic E-state index is 12.9. The third-order valence-corrected chi connectivity index (χ3v) is 4.86. The lowest BCUT2D eigenvalue weighted by Crippen LogP contribution is -2.21. The molecule has 0 saturated heterocycles. The number of nitrogens with zero attached hydrogens (tertiary/aromatic N) is 2. The molecule has 4 rings (SSSR count). The summed E-state index contributed by atoms with van der Waals surface area (Å²) in [6.45, 7) is 3.35. The number of pyridine rings is 1. The summed E-state index contributed by atoms with van der Waals surface area (Å²) in [4.78, 5) is 29.6. The molecule has 1 N–H and O–H groups in total. The normalized spacial score (nSPS) is 10.8. The first-order valence-electron chi connectivity index (χ1n) is 9.93. The number of benzene rings is 2. The second kappa shape index (κ2) is 8.79. The highest BCUT2D eigenvalue weighted by molar-refractivity contribution is 6.05. The van der Waals surface area contributed by atoms with Gasteiger partial charge in [-0.3, -0.25) is 4.79 Å². The molecule has 0 aliphatic rings. The van der Waals surface area contributed by atoms with Crippen molar-refractivity contribution in [3.63, 3.8) is 0 Å². The summed E-state index contributed by atoms with van der Waals surface area (Å²) >= 11 is 0. The fourth-order valence-corrected chi connectivity index (χ4v) is 3.29. The van der Waals surface area contributed by atoms with E-state index in [4.69, 9.17) is 9.26 Å². The molecule has 0 fully saturated rings. The van der Waals surface area contributed by atoms with Crippen molar-refractivity contribution in [1.29, 1.82) is 0 Å². The number of carbonyl (C=O) groups excluding carboxylic acids is 2. The van der Waals surface area contributed by atoms with Crippen LogP contribution in [0.5, 0.6) is 0 Å². The summed E-state index contributed by atoms with van der Waals surface area (Å²) < 4.78 is 10.6. The Morgan fingerprint density at radius 3 is 2.65 bits per heavy atom. The van der Waals surface area contributed by atoms with E-state index in [0.29, 0.717) is 22.5 Å². The van der Waals surface area contributed by atoms with Crippen molar-refractivity contribution in [2.75, 3.05) is 11.9 Å². The minimum absolute atomic E-state index is 0.242. The minimum Gasteiger partial charge on any atom is -0.452 e. The molecule has 0 unspecified atom stereocenters. The Balaban J connectivity index is 1.54. The molecule has 0 saturated carbocycles. The van der Waals surface area contributed by atoms with Crippen LogP contribution in [0, 0.1) is 6.92 Å². The lowest BCUT2D eigenvalue weighted by atomic mass is 10.1. The maximum atomic E-state index is 12.9. The summed E-state index contributed by atoms with van der Waals surface area (Å²) in [6.07, 6.45) is 0.860. The van der Waals surface area contributed by atoms with Crippen molar-refractivity contribution < 1.29 is 18.8 Å². The van der Waals surface area contributed by atoms with Gasteiger partial charge in [-0.05, 0) is 37.1 Å². The standard InChI is InChI=1S/C24H21N3O4/c1-3-16-8-7-11-18(12-16)25-21(28)14-30-24(29)19-13-20(17-9-5-4-6-10-17)26-23-22(19)15(2)27-31-23/h4-13H,3,14H2,1-2H3,(H,25,28). The molecular weight excluding hydrogens is 394 g/mol. The molecule has 0 spiro atoms. The van der Waals surface area contributed by atoms with E-state index in [1.165, 1.54) is 0 Å². The summed E-state index contributed by atoms with van der Waals surface area (Å²) in [5.41, 5.74) is 4.15. The van der Waals surface area contributed by atoms with E-state index in [-0.39, 0.29) is 11.3 Å². The van der Waals surface area contributed by atoms with Gasteiger partial charge in [0.15, 0.2) is 6.61 Å². The molecular formula is C24H21N3O4. The topological polar surface area (TPSA) is 94.3 Å². The maximum Gasteiger partial charge on any atom is 0.339 e. The number of aryl methyl sites for hydroxylation is 2. The predicted molar refractivity (Wildman–Crippen MR) is 117 cm³/mol. The van der Waals surface area contributed by atoms with Crippen LogP contribution in [0.1, 0.15) is 28.5 Å². The van der Waals surface area contributed by atoms with Crippen molar-refractivity contribution in [2.45, 2.75) is 20.3 Å². The zero-order chi connectivity index (χ0) is 21.8. The van der Waals surface area contributed by atoms with Gasteiger partial charge in [-0.15, -0.1) is 0 Å². The lowest BCUT2D eigenvalue weighted by molar-refractivity contribution is -0.119. The molecule has 0 aliphatic heterocycles. The summed E-state index contributed by atoms with van der Waals surface area (Å²) in [6, 6.07) is 18.6. The number of anilines is 1. The van der Waals surface area contributed by atoms with E-state index in [1.807, 2.05) is 55.5 Å². The summed E-state index contributed by atoms with van der Waals surface area (Å²) in [5.74, 6) is -1.06. The highest BCUT2D eigenvalue weighted by atomic mass is 16.5. The molecule has 2 heterocycles. The molecule has 2 aromatic carbocycles. The SMILES string of the molecule is CCc1cccc(NC(=O)COC(=O)c2cc(-c3ccccc3)nc3onc(C)c23)c1. The molecule has 7 nitrogen and oxygen atoms in total. The van der Waals surface area contributed by atoms with Crippen LogP contribution in [-0.2, 0) is 16.0 Å². The van der Waals surface area contributed by atoms with Gasteiger partial charge in [0.2, 0.25) is 0 Å². The zero-order valence-corrected chi connectivity index (χ0v) is 17.2. The Morgan fingerprint density at radius 1 is 1.06 bits per heavy atom. The number of rotatable bonds is 6. The largest absolute Gasteiger partial charge is 0.452 e. The van der Waals surface area contributed by atoms with Gasteiger partial charge in [0.05, 0.1) is 22.3 Å². The van der Waals surface area contributed by atoms with Gasteiger partial charge in [0, 0.05) is 11.3 Å². The second-order valence-electron chi connectivity index (χ2n) is 7.05. The van der Waals surface area contributed by atoms with Crippen molar-refractivity contribution in [1.82, 2.24) is 10.1 Å². The van der Waals surface area contributed by atoms with Gasteiger partial charge >= 0.3 is 5.97 Å². The number of fused-ring (bicyclic) bond motifs is 1. The first kappa shape index (κ1) is 20.3. The molecule has 4 aromatic rings. The number of ether oxygens (including phenoxy) is 1. The Morgan fingerprint density at radius 2 is 1.87 bits per heavy atom. The molecule has 0 atom stereocenters. The molecule has 2 aromatic heterocycles. The average Bonchev–Trinajstić information content (AvgIpc) is 3.18. The number of carbonyl (C=O) groups is 2.